The Labute approximate surface area is 122 Å². The first-order valence-corrected chi connectivity index (χ1v) is 8.01. The summed E-state index contributed by atoms with van der Waals surface area (Å²) in [6, 6.07) is 8.08. The molecule has 1 aromatic carbocycles. The monoisotopic (exact) mass is 286 g/mol. The van der Waals surface area contributed by atoms with Crippen molar-refractivity contribution in [2.75, 3.05) is 5.88 Å². The van der Waals surface area contributed by atoms with Crippen LogP contribution in [0.1, 0.15) is 63.4 Å². The highest BCUT2D eigenvalue weighted by Gasteiger charge is 2.12. The Bertz CT molecular complexity index is 323. The van der Waals surface area contributed by atoms with Gasteiger partial charge < -0.3 is 0 Å². The normalized spacial score (nSPS) is 12.6. The Kier molecular flexibility index (Phi) is 8.54. The standard InChI is InChI=1S/C16H24Cl2/c1-2-3-4-5-6-7-10-14(13-17)15-11-8-9-12-16(15)18/h8-9,11-12,14H,2-7,10,13H2,1H3. The van der Waals surface area contributed by atoms with Gasteiger partial charge in [-0.25, -0.2) is 0 Å². The Morgan fingerprint density at radius 2 is 1.67 bits per heavy atom. The molecule has 0 aliphatic carbocycles. The lowest BCUT2D eigenvalue weighted by Crippen LogP contribution is -2.01. The fourth-order valence-electron chi connectivity index (χ4n) is 2.29. The number of benzene rings is 1. The van der Waals surface area contributed by atoms with Crippen LogP contribution in [0.15, 0.2) is 24.3 Å². The van der Waals surface area contributed by atoms with Crippen LogP contribution >= 0.6 is 23.2 Å². The Morgan fingerprint density at radius 1 is 1.00 bits per heavy atom. The van der Waals surface area contributed by atoms with Crippen LogP contribution < -0.4 is 0 Å². The van der Waals surface area contributed by atoms with Crippen molar-refractivity contribution in [2.24, 2.45) is 0 Å². The molecule has 0 saturated carbocycles. The molecule has 0 aliphatic rings. The van der Waals surface area contributed by atoms with E-state index in [-0.39, 0.29) is 0 Å². The summed E-state index contributed by atoms with van der Waals surface area (Å²) < 4.78 is 0. The van der Waals surface area contributed by atoms with E-state index in [1.165, 1.54) is 44.1 Å². The largest absolute Gasteiger partial charge is 0.126 e. The zero-order valence-corrected chi connectivity index (χ0v) is 12.8. The van der Waals surface area contributed by atoms with E-state index in [4.69, 9.17) is 23.2 Å². The summed E-state index contributed by atoms with van der Waals surface area (Å²) in [5.41, 5.74) is 1.21. The number of hydrogen-bond acceptors (Lipinski definition) is 0. The molecule has 1 aromatic rings. The Hall–Kier alpha value is -0.200. The zero-order chi connectivity index (χ0) is 13.2. The summed E-state index contributed by atoms with van der Waals surface area (Å²) in [4.78, 5) is 0. The van der Waals surface area contributed by atoms with Crippen LogP contribution in [0.5, 0.6) is 0 Å². The summed E-state index contributed by atoms with van der Waals surface area (Å²) in [6.07, 6.45) is 9.12. The van der Waals surface area contributed by atoms with E-state index >= 15 is 0 Å². The van der Waals surface area contributed by atoms with Crippen molar-refractivity contribution in [1.82, 2.24) is 0 Å². The van der Waals surface area contributed by atoms with Crippen LogP contribution in [0, 0.1) is 0 Å². The number of halogens is 2. The minimum absolute atomic E-state index is 0.409. The first kappa shape index (κ1) is 15.9. The second-order valence-corrected chi connectivity index (χ2v) is 5.64. The van der Waals surface area contributed by atoms with Crippen molar-refractivity contribution >= 4 is 23.2 Å². The van der Waals surface area contributed by atoms with Crippen molar-refractivity contribution in [3.8, 4) is 0 Å². The maximum Gasteiger partial charge on any atom is 0.0441 e. The van der Waals surface area contributed by atoms with E-state index < -0.39 is 0 Å². The van der Waals surface area contributed by atoms with Crippen molar-refractivity contribution in [1.29, 1.82) is 0 Å². The van der Waals surface area contributed by atoms with Gasteiger partial charge >= 0.3 is 0 Å². The summed E-state index contributed by atoms with van der Waals surface area (Å²) in [5, 5.41) is 0.856. The Balaban J connectivity index is 2.32. The van der Waals surface area contributed by atoms with Gasteiger partial charge in [0.1, 0.15) is 0 Å². The highest BCUT2D eigenvalue weighted by molar-refractivity contribution is 6.31. The van der Waals surface area contributed by atoms with Gasteiger partial charge in [-0.15, -0.1) is 11.6 Å². The summed E-state index contributed by atoms with van der Waals surface area (Å²) in [6.45, 7) is 2.25. The molecule has 0 heterocycles. The van der Waals surface area contributed by atoms with Crippen LogP contribution in [0.3, 0.4) is 0 Å². The lowest BCUT2D eigenvalue weighted by atomic mass is 9.94. The number of unbranched alkanes of at least 4 members (excludes halogenated alkanes) is 5. The van der Waals surface area contributed by atoms with Gasteiger partial charge in [0.2, 0.25) is 0 Å². The maximum atomic E-state index is 6.22. The molecule has 0 aromatic heterocycles. The minimum Gasteiger partial charge on any atom is -0.126 e. The van der Waals surface area contributed by atoms with Crippen LogP contribution in [0.2, 0.25) is 5.02 Å². The number of rotatable bonds is 9. The highest BCUT2D eigenvalue weighted by atomic mass is 35.5. The number of hydrogen-bond donors (Lipinski definition) is 0. The third-order valence-electron chi connectivity index (χ3n) is 3.44. The molecule has 0 bridgehead atoms. The fourth-order valence-corrected chi connectivity index (χ4v) is 2.90. The van der Waals surface area contributed by atoms with Gasteiger partial charge in [-0.1, -0.05) is 75.2 Å². The first-order chi connectivity index (χ1) is 8.79. The Morgan fingerprint density at radius 3 is 2.33 bits per heavy atom. The van der Waals surface area contributed by atoms with E-state index in [2.05, 4.69) is 13.0 Å². The lowest BCUT2D eigenvalue weighted by molar-refractivity contribution is 0.559. The van der Waals surface area contributed by atoms with E-state index in [1.54, 1.807) is 0 Å². The molecule has 0 nitrogen and oxygen atoms in total. The molecule has 0 fully saturated rings. The zero-order valence-electron chi connectivity index (χ0n) is 11.3. The van der Waals surface area contributed by atoms with Crippen molar-refractivity contribution < 1.29 is 0 Å². The smallest absolute Gasteiger partial charge is 0.0441 e. The third kappa shape index (κ3) is 5.63. The molecule has 1 rings (SSSR count). The molecule has 0 aliphatic heterocycles. The van der Waals surface area contributed by atoms with Gasteiger partial charge in [-0.3, -0.25) is 0 Å². The second-order valence-electron chi connectivity index (χ2n) is 4.93. The van der Waals surface area contributed by atoms with Crippen molar-refractivity contribution in [3.05, 3.63) is 34.9 Å². The molecule has 0 spiro atoms. The van der Waals surface area contributed by atoms with Crippen LogP contribution in [-0.4, -0.2) is 5.88 Å². The molecule has 2 heteroatoms. The molecule has 0 amide bonds. The molecule has 1 unspecified atom stereocenters. The first-order valence-electron chi connectivity index (χ1n) is 7.10. The molecule has 18 heavy (non-hydrogen) atoms. The molecule has 102 valence electrons. The van der Waals surface area contributed by atoms with Crippen LogP contribution in [0.25, 0.3) is 0 Å². The van der Waals surface area contributed by atoms with Crippen LogP contribution in [-0.2, 0) is 0 Å². The predicted octanol–water partition coefficient (Wildman–Crippen LogP) is 6.41. The average molecular weight is 287 g/mol. The van der Waals surface area contributed by atoms with Crippen molar-refractivity contribution in [3.63, 3.8) is 0 Å². The maximum absolute atomic E-state index is 6.22. The van der Waals surface area contributed by atoms with Crippen LogP contribution in [0.4, 0.5) is 0 Å². The highest BCUT2D eigenvalue weighted by Crippen LogP contribution is 2.29. The molecule has 0 saturated heterocycles. The van der Waals surface area contributed by atoms with Gasteiger partial charge in [-0.2, -0.15) is 0 Å². The minimum atomic E-state index is 0.409. The van der Waals surface area contributed by atoms with E-state index in [0.717, 1.165) is 11.4 Å². The van der Waals surface area contributed by atoms with Gasteiger partial charge in [0.25, 0.3) is 0 Å². The molecule has 0 N–H and O–H groups in total. The SMILES string of the molecule is CCCCCCCCC(CCl)c1ccccc1Cl. The molecular formula is C16H24Cl2. The molecular weight excluding hydrogens is 263 g/mol. The third-order valence-corrected chi connectivity index (χ3v) is 4.15. The summed E-state index contributed by atoms with van der Waals surface area (Å²) in [7, 11) is 0. The van der Waals surface area contributed by atoms with Gasteiger partial charge in [-0.05, 0) is 24.0 Å². The summed E-state index contributed by atoms with van der Waals surface area (Å²) in [5.74, 6) is 1.07. The van der Waals surface area contributed by atoms with E-state index in [0.29, 0.717) is 11.8 Å². The summed E-state index contributed by atoms with van der Waals surface area (Å²) >= 11 is 12.3. The van der Waals surface area contributed by atoms with Crippen molar-refractivity contribution in [2.45, 2.75) is 57.8 Å². The predicted molar refractivity (Wildman–Crippen MR) is 82.9 cm³/mol. The van der Waals surface area contributed by atoms with Gasteiger partial charge in [0, 0.05) is 10.9 Å². The topological polar surface area (TPSA) is 0 Å². The molecule has 0 radical (unpaired) electrons. The van der Waals surface area contributed by atoms with Gasteiger partial charge in [0.05, 0.1) is 0 Å². The quantitative estimate of drug-likeness (QED) is 0.363. The van der Waals surface area contributed by atoms with E-state index in [1.807, 2.05) is 18.2 Å². The number of alkyl halides is 1. The van der Waals surface area contributed by atoms with Gasteiger partial charge in [0.15, 0.2) is 0 Å². The lowest BCUT2D eigenvalue weighted by Gasteiger charge is -2.15. The average Bonchev–Trinajstić information content (AvgIpc) is 2.39. The van der Waals surface area contributed by atoms with E-state index in [9.17, 15) is 0 Å². The second kappa shape index (κ2) is 9.69. The molecule has 1 atom stereocenters. The fraction of sp³-hybridized carbons (Fsp3) is 0.625.